The van der Waals surface area contributed by atoms with Crippen molar-refractivity contribution >= 4 is 53.8 Å². The van der Waals surface area contributed by atoms with Gasteiger partial charge >= 0.3 is 0 Å². The number of rotatable bonds is 10. The maximum absolute atomic E-state index is 11.6. The van der Waals surface area contributed by atoms with Gasteiger partial charge in [-0.2, -0.15) is 8.42 Å². The summed E-state index contributed by atoms with van der Waals surface area (Å²) < 4.78 is 38.4. The van der Waals surface area contributed by atoms with E-state index in [2.05, 4.69) is 58.5 Å². The molecule has 0 atom stereocenters. The van der Waals surface area contributed by atoms with Crippen molar-refractivity contribution in [1.82, 2.24) is 9.97 Å². The number of anilines is 1. The Hall–Kier alpha value is -2.28. The van der Waals surface area contributed by atoms with Crippen LogP contribution in [0.3, 0.4) is 0 Å². The van der Waals surface area contributed by atoms with Crippen molar-refractivity contribution in [2.75, 3.05) is 17.9 Å². The van der Waals surface area contributed by atoms with E-state index in [-0.39, 0.29) is 24.9 Å². The lowest BCUT2D eigenvalue weighted by Crippen LogP contribution is -2.23. The van der Waals surface area contributed by atoms with Crippen molar-refractivity contribution < 1.29 is 17.9 Å². The summed E-state index contributed by atoms with van der Waals surface area (Å²) in [4.78, 5) is 12.4. The zero-order valence-corrected chi connectivity index (χ0v) is 22.4. The van der Waals surface area contributed by atoms with Gasteiger partial charge in [0, 0.05) is 22.1 Å². The number of hydrogen-bond acceptors (Lipinski definition) is 7. The molecule has 0 unspecified atom stereocenters. The fraction of sp³-hybridized carbons (Fsp3) is 0.286. The minimum atomic E-state index is -4.05. The number of nitrogens with zero attached hydrogens (tertiary/aromatic N) is 3. The zero-order chi connectivity index (χ0) is 24.4. The predicted molar refractivity (Wildman–Crippen MR) is 138 cm³/mol. The van der Waals surface area contributed by atoms with Crippen LogP contribution in [0.4, 0.5) is 5.82 Å². The molecule has 2 aromatic rings. The number of aromatic nitrogens is 2. The van der Waals surface area contributed by atoms with Gasteiger partial charge in [-0.15, -0.1) is 0 Å². The van der Waals surface area contributed by atoms with Crippen molar-refractivity contribution in [1.29, 1.82) is 0 Å². The van der Waals surface area contributed by atoms with Crippen molar-refractivity contribution in [3.05, 3.63) is 57.4 Å². The lowest BCUT2D eigenvalue weighted by atomic mass is 10.1. The van der Waals surface area contributed by atoms with Gasteiger partial charge in [-0.3, -0.25) is 4.72 Å². The molecule has 3 N–H and O–H groups in total. The first-order valence-corrected chi connectivity index (χ1v) is 13.0. The molecule has 1 aromatic carbocycles. The highest BCUT2D eigenvalue weighted by Crippen LogP contribution is 2.34. The van der Waals surface area contributed by atoms with Crippen molar-refractivity contribution in [2.24, 2.45) is 10.1 Å². The lowest BCUT2D eigenvalue weighted by Gasteiger charge is -2.14. The topological polar surface area (TPSA) is 129 Å². The molecule has 1 heterocycles. The average Bonchev–Trinajstić information content (AvgIpc) is 2.75. The van der Waals surface area contributed by atoms with Crippen LogP contribution < -0.4 is 14.6 Å². The fourth-order valence-electron chi connectivity index (χ4n) is 2.46. The number of nitrogens with two attached hydrogens (primary N) is 1. The number of aliphatic imine (C=N–C) groups is 1. The standard InChI is InChI=1S/C21H25Br2N5O4S/c1-4-14(2)11-18(23)12-25-15(3)31-9-10-32-21-19(16-5-7-17(22)8-6-16)20(26-13-27-21)28-33(24,29)30/h5-8,11-13H,4,9-10H2,1-3H3,(H2,24,29,30)(H,26,27,28)/b14-11-,18-12+,25-15+. The number of benzene rings is 1. The van der Waals surface area contributed by atoms with Gasteiger partial charge in [0.05, 0.1) is 5.56 Å². The van der Waals surface area contributed by atoms with Gasteiger partial charge in [-0.1, -0.05) is 40.6 Å². The van der Waals surface area contributed by atoms with E-state index in [4.69, 9.17) is 14.6 Å². The number of nitrogens with one attached hydrogen (secondary N) is 1. The largest absolute Gasteiger partial charge is 0.477 e. The van der Waals surface area contributed by atoms with E-state index in [9.17, 15) is 8.42 Å². The number of allylic oxidation sites excluding steroid dienone is 3. The van der Waals surface area contributed by atoms with E-state index in [0.29, 0.717) is 17.0 Å². The third-order valence-corrected chi connectivity index (χ3v) is 5.57. The van der Waals surface area contributed by atoms with Gasteiger partial charge in [0.1, 0.15) is 19.5 Å². The molecule has 0 aliphatic rings. The summed E-state index contributed by atoms with van der Waals surface area (Å²) in [6, 6.07) is 7.16. The molecule has 0 aliphatic heterocycles. The monoisotopic (exact) mass is 601 g/mol. The Bertz CT molecular complexity index is 1150. The molecule has 2 rings (SSSR count). The average molecular weight is 603 g/mol. The van der Waals surface area contributed by atoms with Crippen LogP contribution in [0.5, 0.6) is 5.88 Å². The molecule has 0 saturated carbocycles. The first-order valence-electron chi connectivity index (χ1n) is 9.83. The number of halogens is 2. The maximum atomic E-state index is 11.6. The second-order valence-corrected chi connectivity index (χ2v) is 9.89. The Morgan fingerprint density at radius 1 is 1.21 bits per heavy atom. The van der Waals surface area contributed by atoms with E-state index in [1.54, 1.807) is 37.4 Å². The summed E-state index contributed by atoms with van der Waals surface area (Å²) in [5.74, 6) is 0.652. The highest BCUT2D eigenvalue weighted by atomic mass is 79.9. The van der Waals surface area contributed by atoms with Gasteiger partial charge in [0.2, 0.25) is 5.88 Å². The second kappa shape index (κ2) is 12.8. The molecule has 0 aliphatic carbocycles. The molecule has 0 amide bonds. The Kier molecular flexibility index (Phi) is 10.5. The Labute approximate surface area is 210 Å². The third-order valence-electron chi connectivity index (χ3n) is 4.13. The molecule has 178 valence electrons. The highest BCUT2D eigenvalue weighted by molar-refractivity contribution is 9.12. The molecule has 1 aromatic heterocycles. The maximum Gasteiger partial charge on any atom is 0.297 e. The van der Waals surface area contributed by atoms with E-state index in [1.807, 2.05) is 13.0 Å². The lowest BCUT2D eigenvalue weighted by molar-refractivity contribution is 0.203. The molecule has 9 nitrogen and oxygen atoms in total. The van der Waals surface area contributed by atoms with Crippen molar-refractivity contribution in [2.45, 2.75) is 27.2 Å². The van der Waals surface area contributed by atoms with E-state index in [1.165, 1.54) is 11.9 Å². The molecule has 33 heavy (non-hydrogen) atoms. The van der Waals surface area contributed by atoms with Crippen LogP contribution in [0.2, 0.25) is 0 Å². The van der Waals surface area contributed by atoms with Crippen LogP contribution >= 0.6 is 31.9 Å². The molecule has 0 saturated heterocycles. The highest BCUT2D eigenvalue weighted by Gasteiger charge is 2.18. The summed E-state index contributed by atoms with van der Waals surface area (Å²) in [6.45, 7) is 6.20. The Morgan fingerprint density at radius 3 is 2.55 bits per heavy atom. The predicted octanol–water partition coefficient (Wildman–Crippen LogP) is 4.93. The fourth-order valence-corrected chi connectivity index (χ4v) is 3.64. The van der Waals surface area contributed by atoms with Crippen LogP contribution in [0, 0.1) is 0 Å². The summed E-state index contributed by atoms with van der Waals surface area (Å²) in [6.07, 6.45) is 5.80. The van der Waals surface area contributed by atoms with Crippen molar-refractivity contribution in [3.63, 3.8) is 0 Å². The molecular weight excluding hydrogens is 578 g/mol. The van der Waals surface area contributed by atoms with E-state index < -0.39 is 10.2 Å². The number of hydrogen-bond donors (Lipinski definition) is 2. The molecule has 0 spiro atoms. The van der Waals surface area contributed by atoms with Crippen LogP contribution in [0.15, 0.2) is 62.4 Å². The van der Waals surface area contributed by atoms with Gasteiger partial charge in [-0.05, 0) is 53.0 Å². The van der Waals surface area contributed by atoms with E-state index >= 15 is 0 Å². The summed E-state index contributed by atoms with van der Waals surface area (Å²) in [7, 11) is -4.05. The molecule has 12 heteroatoms. The first kappa shape index (κ1) is 27.0. The van der Waals surface area contributed by atoms with E-state index in [0.717, 1.165) is 15.4 Å². The van der Waals surface area contributed by atoms with Crippen LogP contribution in [0.1, 0.15) is 27.2 Å². The van der Waals surface area contributed by atoms with Crippen LogP contribution in [-0.2, 0) is 14.9 Å². The smallest absolute Gasteiger partial charge is 0.297 e. The summed E-state index contributed by atoms with van der Waals surface area (Å²) in [5, 5.41) is 5.14. The molecule has 0 bridgehead atoms. The second-order valence-electron chi connectivity index (χ2n) is 6.76. The Morgan fingerprint density at radius 2 is 1.91 bits per heavy atom. The zero-order valence-electron chi connectivity index (χ0n) is 18.4. The minimum Gasteiger partial charge on any atom is -0.477 e. The third kappa shape index (κ3) is 9.62. The summed E-state index contributed by atoms with van der Waals surface area (Å²) in [5.41, 5.74) is 2.22. The quantitative estimate of drug-likeness (QED) is 0.172. The van der Waals surface area contributed by atoms with Gasteiger partial charge in [0.25, 0.3) is 10.2 Å². The minimum absolute atomic E-state index is 0.00824. The molecule has 0 fully saturated rings. The van der Waals surface area contributed by atoms with Gasteiger partial charge in [-0.25, -0.2) is 20.1 Å². The van der Waals surface area contributed by atoms with Crippen molar-refractivity contribution in [3.8, 4) is 17.0 Å². The van der Waals surface area contributed by atoms with Gasteiger partial charge < -0.3 is 9.47 Å². The normalized spacial score (nSPS) is 13.1. The molecular formula is C21H25Br2N5O4S. The van der Waals surface area contributed by atoms with Crippen LogP contribution in [0.25, 0.3) is 11.1 Å². The number of ether oxygens (including phenoxy) is 2. The molecule has 0 radical (unpaired) electrons. The van der Waals surface area contributed by atoms with Crippen LogP contribution in [-0.4, -0.2) is 37.5 Å². The first-order chi connectivity index (χ1) is 15.6. The summed E-state index contributed by atoms with van der Waals surface area (Å²) >= 11 is 6.82. The van der Waals surface area contributed by atoms with Gasteiger partial charge in [0.15, 0.2) is 11.7 Å². The Balaban J connectivity index is 2.13. The SMILES string of the molecule is CC\C(C)=C/C(Br)=C\N=C(/C)OCCOc1ncnc(NS(N)(=O)=O)c1-c1ccc(Br)cc1.